The summed E-state index contributed by atoms with van der Waals surface area (Å²) in [6.45, 7) is 7.88. The molecule has 0 spiro atoms. The number of thioether (sulfide) groups is 1. The second kappa shape index (κ2) is 8.92. The van der Waals surface area contributed by atoms with Crippen LogP contribution in [-0.2, 0) is 4.79 Å². The third-order valence-corrected chi connectivity index (χ3v) is 4.66. The van der Waals surface area contributed by atoms with E-state index >= 15 is 0 Å². The first kappa shape index (κ1) is 16.9. The van der Waals surface area contributed by atoms with E-state index in [2.05, 4.69) is 29.0 Å². The Labute approximate surface area is 130 Å². The minimum absolute atomic E-state index is 0.00560. The fourth-order valence-corrected chi connectivity index (χ4v) is 2.99. The van der Waals surface area contributed by atoms with E-state index in [4.69, 9.17) is 12.2 Å². The Morgan fingerprint density at radius 2 is 2.00 bits per heavy atom. The number of anilines is 1. The van der Waals surface area contributed by atoms with Gasteiger partial charge in [-0.3, -0.25) is 9.78 Å². The molecule has 1 rings (SSSR count). The summed E-state index contributed by atoms with van der Waals surface area (Å²) >= 11 is 6.92. The van der Waals surface area contributed by atoms with Crippen LogP contribution in [0.4, 0.5) is 5.69 Å². The maximum atomic E-state index is 12.0. The summed E-state index contributed by atoms with van der Waals surface area (Å²) in [6.07, 6.45) is 3.31. The number of amides is 1. The van der Waals surface area contributed by atoms with Crippen molar-refractivity contribution in [2.75, 3.05) is 24.2 Å². The van der Waals surface area contributed by atoms with Crippen molar-refractivity contribution in [3.63, 3.8) is 0 Å². The molecule has 110 valence electrons. The minimum Gasteiger partial charge on any atom is -0.358 e. The predicted molar refractivity (Wildman–Crippen MR) is 90.0 cm³/mol. The summed E-state index contributed by atoms with van der Waals surface area (Å²) in [7, 11) is 0. The summed E-state index contributed by atoms with van der Waals surface area (Å²) in [5.41, 5.74) is 0.771. The molecule has 0 radical (unpaired) electrons. The average Bonchev–Trinajstić information content (AvgIpc) is 2.47. The number of hydrogen-bond acceptors (Lipinski definition) is 4. The molecule has 0 aliphatic carbocycles. The minimum atomic E-state index is -0.0957. The van der Waals surface area contributed by atoms with E-state index in [1.807, 2.05) is 6.92 Å². The Kier molecular flexibility index (Phi) is 7.54. The van der Waals surface area contributed by atoms with Crippen molar-refractivity contribution in [2.45, 2.75) is 20.8 Å². The van der Waals surface area contributed by atoms with Crippen molar-refractivity contribution in [3.05, 3.63) is 24.5 Å². The third kappa shape index (κ3) is 5.46. The number of aromatic nitrogens is 1. The molecule has 0 fully saturated rings. The first-order chi connectivity index (χ1) is 9.58. The first-order valence-corrected chi connectivity index (χ1v) is 8.10. The van der Waals surface area contributed by atoms with Crippen LogP contribution in [0, 0.1) is 5.92 Å². The molecule has 1 heterocycles. The Hall–Kier alpha value is -1.14. The summed E-state index contributed by atoms with van der Waals surface area (Å²) < 4.78 is 0.860. The molecular weight excluding hydrogens is 290 g/mol. The van der Waals surface area contributed by atoms with Gasteiger partial charge in [-0.05, 0) is 26.0 Å². The van der Waals surface area contributed by atoms with Gasteiger partial charge in [-0.1, -0.05) is 30.9 Å². The second-order valence-electron chi connectivity index (χ2n) is 4.38. The molecule has 0 saturated heterocycles. The molecular formula is C14H21N3OS2. The standard InChI is InChI=1S/C14H21N3OS2/c1-4-17(5-2)14(19)20-10-11(3)13(18)16-12-6-8-15-9-7-12/h6-9,11H,4-5,10H2,1-3H3,(H,15,16,18). The molecule has 4 nitrogen and oxygen atoms in total. The average molecular weight is 311 g/mol. The predicted octanol–water partition coefficient (Wildman–Crippen LogP) is 3.02. The lowest BCUT2D eigenvalue weighted by atomic mass is 10.2. The second-order valence-corrected chi connectivity index (χ2v) is 6.03. The lowest BCUT2D eigenvalue weighted by Crippen LogP contribution is -2.28. The number of carbonyl (C=O) groups is 1. The van der Waals surface area contributed by atoms with E-state index in [1.165, 1.54) is 0 Å². The largest absolute Gasteiger partial charge is 0.358 e. The first-order valence-electron chi connectivity index (χ1n) is 6.71. The van der Waals surface area contributed by atoms with Crippen LogP contribution in [0.25, 0.3) is 0 Å². The van der Waals surface area contributed by atoms with Crippen molar-refractivity contribution >= 4 is 39.9 Å². The normalized spacial score (nSPS) is 11.8. The molecule has 1 aromatic heterocycles. The van der Waals surface area contributed by atoms with E-state index in [-0.39, 0.29) is 11.8 Å². The van der Waals surface area contributed by atoms with Gasteiger partial charge in [0.15, 0.2) is 0 Å². The van der Waals surface area contributed by atoms with Gasteiger partial charge in [0.05, 0.1) is 0 Å². The number of nitrogens with zero attached hydrogens (tertiary/aromatic N) is 2. The fraction of sp³-hybridized carbons (Fsp3) is 0.500. The molecule has 0 saturated carbocycles. The van der Waals surface area contributed by atoms with E-state index in [0.717, 1.165) is 23.1 Å². The lowest BCUT2D eigenvalue weighted by Gasteiger charge is -2.21. The summed E-state index contributed by atoms with van der Waals surface area (Å²) in [5, 5.41) is 2.87. The van der Waals surface area contributed by atoms with Gasteiger partial charge in [0.25, 0.3) is 0 Å². The number of rotatable bonds is 6. The third-order valence-electron chi connectivity index (χ3n) is 2.87. The highest BCUT2D eigenvalue weighted by Crippen LogP contribution is 2.15. The maximum Gasteiger partial charge on any atom is 0.228 e. The van der Waals surface area contributed by atoms with Crippen molar-refractivity contribution in [2.24, 2.45) is 5.92 Å². The molecule has 20 heavy (non-hydrogen) atoms. The number of carbonyl (C=O) groups excluding carboxylic acids is 1. The van der Waals surface area contributed by atoms with Gasteiger partial charge in [-0.25, -0.2) is 0 Å². The van der Waals surface area contributed by atoms with Crippen LogP contribution < -0.4 is 5.32 Å². The molecule has 0 aliphatic rings. The zero-order valence-electron chi connectivity index (χ0n) is 12.1. The van der Waals surface area contributed by atoms with E-state index in [9.17, 15) is 4.79 Å². The van der Waals surface area contributed by atoms with Gasteiger partial charge in [0, 0.05) is 42.8 Å². The SMILES string of the molecule is CCN(CC)C(=S)SCC(C)C(=O)Nc1ccncc1. The molecule has 0 aromatic carbocycles. The van der Waals surface area contributed by atoms with Crippen molar-refractivity contribution < 1.29 is 4.79 Å². The van der Waals surface area contributed by atoms with Gasteiger partial charge in [0.1, 0.15) is 4.32 Å². The van der Waals surface area contributed by atoms with E-state index < -0.39 is 0 Å². The topological polar surface area (TPSA) is 45.2 Å². The zero-order chi connectivity index (χ0) is 15.0. The van der Waals surface area contributed by atoms with Gasteiger partial charge >= 0.3 is 0 Å². The van der Waals surface area contributed by atoms with Crippen LogP contribution in [0.15, 0.2) is 24.5 Å². The van der Waals surface area contributed by atoms with Crippen LogP contribution in [0.3, 0.4) is 0 Å². The molecule has 1 amide bonds. The summed E-state index contributed by atoms with van der Waals surface area (Å²) in [6, 6.07) is 3.55. The fourth-order valence-electron chi connectivity index (χ4n) is 1.55. The molecule has 1 N–H and O–H groups in total. The van der Waals surface area contributed by atoms with Gasteiger partial charge < -0.3 is 10.2 Å². The number of nitrogens with one attached hydrogen (secondary N) is 1. The Balaban J connectivity index is 2.40. The van der Waals surface area contributed by atoms with E-state index in [0.29, 0.717) is 5.75 Å². The highest BCUT2D eigenvalue weighted by atomic mass is 32.2. The highest BCUT2D eigenvalue weighted by Gasteiger charge is 2.15. The molecule has 1 unspecified atom stereocenters. The number of thiocarbonyl (C=S) groups is 1. The molecule has 6 heteroatoms. The van der Waals surface area contributed by atoms with Crippen molar-refractivity contribution in [1.29, 1.82) is 0 Å². The Bertz CT molecular complexity index is 435. The van der Waals surface area contributed by atoms with Crippen LogP contribution in [-0.4, -0.2) is 39.0 Å². The molecule has 0 bridgehead atoms. The highest BCUT2D eigenvalue weighted by molar-refractivity contribution is 8.22. The van der Waals surface area contributed by atoms with Crippen LogP contribution in [0.1, 0.15) is 20.8 Å². The van der Waals surface area contributed by atoms with Crippen LogP contribution in [0.2, 0.25) is 0 Å². The molecule has 0 aliphatic heterocycles. The quantitative estimate of drug-likeness (QED) is 0.818. The smallest absolute Gasteiger partial charge is 0.228 e. The van der Waals surface area contributed by atoms with Gasteiger partial charge in [0.2, 0.25) is 5.91 Å². The van der Waals surface area contributed by atoms with Gasteiger partial charge in [-0.15, -0.1) is 0 Å². The number of pyridine rings is 1. The zero-order valence-corrected chi connectivity index (χ0v) is 13.8. The Morgan fingerprint density at radius 3 is 2.55 bits per heavy atom. The lowest BCUT2D eigenvalue weighted by molar-refractivity contribution is -0.118. The van der Waals surface area contributed by atoms with Crippen molar-refractivity contribution in [1.82, 2.24) is 9.88 Å². The van der Waals surface area contributed by atoms with Gasteiger partial charge in [-0.2, -0.15) is 0 Å². The number of hydrogen-bond donors (Lipinski definition) is 1. The molecule has 1 aromatic rings. The summed E-state index contributed by atoms with van der Waals surface area (Å²) in [5.74, 6) is 0.597. The van der Waals surface area contributed by atoms with Crippen LogP contribution >= 0.6 is 24.0 Å². The summed E-state index contributed by atoms with van der Waals surface area (Å²) in [4.78, 5) is 18.1. The van der Waals surface area contributed by atoms with E-state index in [1.54, 1.807) is 36.3 Å². The van der Waals surface area contributed by atoms with Crippen LogP contribution in [0.5, 0.6) is 0 Å². The Morgan fingerprint density at radius 1 is 1.40 bits per heavy atom. The maximum absolute atomic E-state index is 12.0. The monoisotopic (exact) mass is 311 g/mol. The van der Waals surface area contributed by atoms with Crippen molar-refractivity contribution in [3.8, 4) is 0 Å². The molecule has 1 atom stereocenters.